The minimum Gasteiger partial charge on any atom is -0.310 e. The lowest BCUT2D eigenvalue weighted by Gasteiger charge is -2.29. The van der Waals surface area contributed by atoms with Crippen molar-refractivity contribution in [3.05, 3.63) is 194 Å². The maximum absolute atomic E-state index is 2.38. The summed E-state index contributed by atoms with van der Waals surface area (Å²) in [4.78, 5) is 4.75. The van der Waals surface area contributed by atoms with Gasteiger partial charge >= 0.3 is 0 Å². The predicted molar refractivity (Wildman–Crippen MR) is 215 cm³/mol. The number of anilines is 6. The van der Waals surface area contributed by atoms with Gasteiger partial charge in [0.1, 0.15) is 0 Å². The highest BCUT2D eigenvalue weighted by Crippen LogP contribution is 2.42. The molecule has 0 saturated heterocycles. The van der Waals surface area contributed by atoms with Gasteiger partial charge in [-0.05, 0) is 112 Å². The zero-order chi connectivity index (χ0) is 33.9. The van der Waals surface area contributed by atoms with Gasteiger partial charge in [-0.3, -0.25) is 0 Å². The summed E-state index contributed by atoms with van der Waals surface area (Å²) in [5.41, 5.74) is 10.5. The lowest BCUT2D eigenvalue weighted by Crippen LogP contribution is -2.12. The SMILES string of the molecule is CCC(C)c1ccc(N(c2ccc(N(c3ccc(-c4ccccc4)cc3)c3cccc4ccccc34)cc2)c2ccc3ccccc3c2)cc1. The first-order valence-corrected chi connectivity index (χ1v) is 17.6. The minimum absolute atomic E-state index is 0.527. The Morgan fingerprint density at radius 2 is 0.900 bits per heavy atom. The van der Waals surface area contributed by atoms with Crippen molar-refractivity contribution in [2.75, 3.05) is 9.80 Å². The molecule has 1 unspecified atom stereocenters. The first-order valence-electron chi connectivity index (χ1n) is 17.6. The fourth-order valence-corrected chi connectivity index (χ4v) is 6.97. The highest BCUT2D eigenvalue weighted by atomic mass is 15.2. The van der Waals surface area contributed by atoms with Crippen LogP contribution in [-0.2, 0) is 0 Å². The highest BCUT2D eigenvalue weighted by Gasteiger charge is 2.18. The molecule has 2 nitrogen and oxygen atoms in total. The van der Waals surface area contributed by atoms with Crippen molar-refractivity contribution in [2.45, 2.75) is 26.2 Å². The summed E-state index contributed by atoms with van der Waals surface area (Å²) in [5, 5.41) is 4.90. The van der Waals surface area contributed by atoms with Crippen LogP contribution in [0.1, 0.15) is 31.7 Å². The van der Waals surface area contributed by atoms with E-state index < -0.39 is 0 Å². The van der Waals surface area contributed by atoms with Gasteiger partial charge < -0.3 is 9.80 Å². The molecule has 0 fully saturated rings. The molecule has 0 spiro atoms. The molecule has 0 aliphatic carbocycles. The van der Waals surface area contributed by atoms with E-state index in [0.717, 1.165) is 40.5 Å². The molecule has 0 bridgehead atoms. The Balaban J connectivity index is 1.23. The Morgan fingerprint density at radius 1 is 0.400 bits per heavy atom. The summed E-state index contributed by atoms with van der Waals surface area (Å²) < 4.78 is 0. The third kappa shape index (κ3) is 6.13. The zero-order valence-corrected chi connectivity index (χ0v) is 28.6. The standard InChI is InChI=1S/C48H40N2/c1-3-35(2)36-20-25-42(26-21-36)49(46-29-24-38-14-7-8-16-41(38)34-46)43-30-32-45(33-31-43)50(48-19-11-17-40-15-9-10-18-47(40)48)44-27-22-39(23-28-44)37-12-5-4-6-13-37/h4-35H,3H2,1-2H3. The van der Waals surface area contributed by atoms with Gasteiger partial charge in [-0.25, -0.2) is 0 Å². The normalized spacial score (nSPS) is 11.8. The lowest BCUT2D eigenvalue weighted by molar-refractivity contribution is 0.733. The van der Waals surface area contributed by atoms with E-state index in [1.165, 1.54) is 38.2 Å². The number of benzene rings is 8. The second-order valence-corrected chi connectivity index (χ2v) is 13.0. The molecule has 8 aromatic rings. The van der Waals surface area contributed by atoms with Gasteiger partial charge in [-0.1, -0.05) is 135 Å². The summed E-state index contributed by atoms with van der Waals surface area (Å²) in [6.07, 6.45) is 1.12. The molecule has 0 N–H and O–H groups in total. The summed E-state index contributed by atoms with van der Waals surface area (Å²) >= 11 is 0. The van der Waals surface area contributed by atoms with Crippen molar-refractivity contribution in [2.24, 2.45) is 0 Å². The number of fused-ring (bicyclic) bond motifs is 2. The molecular formula is C48H40N2. The van der Waals surface area contributed by atoms with Gasteiger partial charge in [0.15, 0.2) is 0 Å². The van der Waals surface area contributed by atoms with Crippen LogP contribution in [0.2, 0.25) is 0 Å². The van der Waals surface area contributed by atoms with Crippen LogP contribution >= 0.6 is 0 Å². The van der Waals surface area contributed by atoms with Crippen molar-refractivity contribution in [3.8, 4) is 11.1 Å². The molecule has 0 amide bonds. The molecule has 242 valence electrons. The number of hydrogen-bond acceptors (Lipinski definition) is 2. The molecule has 0 heterocycles. The van der Waals surface area contributed by atoms with Crippen molar-refractivity contribution in [1.29, 1.82) is 0 Å². The zero-order valence-electron chi connectivity index (χ0n) is 28.6. The molecule has 1 atom stereocenters. The van der Waals surface area contributed by atoms with Crippen LogP contribution in [-0.4, -0.2) is 0 Å². The van der Waals surface area contributed by atoms with Crippen molar-refractivity contribution < 1.29 is 0 Å². The van der Waals surface area contributed by atoms with Crippen LogP contribution in [0.25, 0.3) is 32.7 Å². The average Bonchev–Trinajstić information content (AvgIpc) is 3.19. The van der Waals surface area contributed by atoms with E-state index in [1.54, 1.807) is 0 Å². The molecule has 0 aromatic heterocycles. The van der Waals surface area contributed by atoms with E-state index in [0.29, 0.717) is 5.92 Å². The third-order valence-electron chi connectivity index (χ3n) is 9.93. The van der Waals surface area contributed by atoms with Crippen LogP contribution in [0.5, 0.6) is 0 Å². The fraction of sp³-hybridized carbons (Fsp3) is 0.0833. The quantitative estimate of drug-likeness (QED) is 0.154. The van der Waals surface area contributed by atoms with E-state index in [2.05, 4.69) is 212 Å². The Kier molecular flexibility index (Phi) is 8.59. The molecule has 2 heteroatoms. The molecule has 50 heavy (non-hydrogen) atoms. The second kappa shape index (κ2) is 13.8. The second-order valence-electron chi connectivity index (χ2n) is 13.0. The van der Waals surface area contributed by atoms with Crippen LogP contribution in [0.15, 0.2) is 188 Å². The van der Waals surface area contributed by atoms with Crippen LogP contribution in [0.4, 0.5) is 34.1 Å². The summed E-state index contributed by atoms with van der Waals surface area (Å²) in [6.45, 7) is 4.55. The monoisotopic (exact) mass is 644 g/mol. The number of rotatable bonds is 9. The van der Waals surface area contributed by atoms with Gasteiger partial charge in [0.05, 0.1) is 5.69 Å². The maximum atomic E-state index is 2.38. The highest BCUT2D eigenvalue weighted by molar-refractivity contribution is 5.99. The molecule has 8 aromatic carbocycles. The van der Waals surface area contributed by atoms with Gasteiger partial charge in [-0.2, -0.15) is 0 Å². The summed E-state index contributed by atoms with van der Waals surface area (Å²) in [6, 6.07) is 68.1. The van der Waals surface area contributed by atoms with E-state index in [9.17, 15) is 0 Å². The van der Waals surface area contributed by atoms with Gasteiger partial charge in [0.2, 0.25) is 0 Å². The van der Waals surface area contributed by atoms with Gasteiger partial charge in [0, 0.05) is 33.8 Å². The first-order chi connectivity index (χ1) is 24.7. The van der Waals surface area contributed by atoms with Crippen LogP contribution < -0.4 is 9.80 Å². The topological polar surface area (TPSA) is 6.48 Å². The van der Waals surface area contributed by atoms with Crippen molar-refractivity contribution in [3.63, 3.8) is 0 Å². The maximum Gasteiger partial charge on any atom is 0.0540 e. The van der Waals surface area contributed by atoms with E-state index in [1.807, 2.05) is 0 Å². The molecule has 0 radical (unpaired) electrons. The molecule has 0 saturated carbocycles. The minimum atomic E-state index is 0.527. The van der Waals surface area contributed by atoms with E-state index in [4.69, 9.17) is 0 Å². The van der Waals surface area contributed by atoms with Gasteiger partial charge in [-0.15, -0.1) is 0 Å². The van der Waals surface area contributed by atoms with E-state index >= 15 is 0 Å². The summed E-state index contributed by atoms with van der Waals surface area (Å²) in [7, 11) is 0. The van der Waals surface area contributed by atoms with Crippen molar-refractivity contribution in [1.82, 2.24) is 0 Å². The Hall–Kier alpha value is -6.12. The smallest absolute Gasteiger partial charge is 0.0540 e. The molecule has 0 aliphatic rings. The Labute approximate surface area is 295 Å². The van der Waals surface area contributed by atoms with Crippen LogP contribution in [0.3, 0.4) is 0 Å². The van der Waals surface area contributed by atoms with Crippen LogP contribution in [0, 0.1) is 0 Å². The average molecular weight is 645 g/mol. The lowest BCUT2D eigenvalue weighted by atomic mass is 9.98. The fourth-order valence-electron chi connectivity index (χ4n) is 6.97. The number of nitrogens with zero attached hydrogens (tertiary/aromatic N) is 2. The molecular weight excluding hydrogens is 605 g/mol. The Bertz CT molecular complexity index is 2350. The largest absolute Gasteiger partial charge is 0.310 e. The van der Waals surface area contributed by atoms with E-state index in [-0.39, 0.29) is 0 Å². The Morgan fingerprint density at radius 3 is 1.58 bits per heavy atom. The molecule has 0 aliphatic heterocycles. The van der Waals surface area contributed by atoms with Crippen molar-refractivity contribution >= 4 is 55.7 Å². The first kappa shape index (κ1) is 31.2. The number of hydrogen-bond donors (Lipinski definition) is 0. The molecule has 8 rings (SSSR count). The third-order valence-corrected chi connectivity index (χ3v) is 9.93. The summed E-state index contributed by atoms with van der Waals surface area (Å²) in [5.74, 6) is 0.527. The predicted octanol–water partition coefficient (Wildman–Crippen LogP) is 14.1. The van der Waals surface area contributed by atoms with Gasteiger partial charge in [0.25, 0.3) is 0 Å².